The number of ether oxygens (including phenoxy) is 1. The Morgan fingerprint density at radius 2 is 1.62 bits per heavy atom. The van der Waals surface area contributed by atoms with E-state index in [4.69, 9.17) is 4.74 Å². The molecule has 0 aliphatic carbocycles. The van der Waals surface area contributed by atoms with E-state index < -0.39 is 0 Å². The summed E-state index contributed by atoms with van der Waals surface area (Å²) in [4.78, 5) is 14.1. The van der Waals surface area contributed by atoms with E-state index in [1.54, 1.807) is 12.1 Å². The molecule has 0 saturated heterocycles. The largest absolute Gasteiger partial charge is 0.484 e. The average molecular weight is 358 g/mol. The smallest absolute Gasteiger partial charge is 0.258 e. The lowest BCUT2D eigenvalue weighted by Crippen LogP contribution is -2.36. The Bertz CT molecular complexity index is 697. The molecule has 26 heavy (non-hydrogen) atoms. The molecule has 0 heterocycles. The van der Waals surface area contributed by atoms with Crippen LogP contribution in [-0.4, -0.2) is 38.1 Å². The highest BCUT2D eigenvalue weighted by Crippen LogP contribution is 2.19. The summed E-state index contributed by atoms with van der Waals surface area (Å²) >= 11 is 0. The number of carbonyl (C=O) groups excluding carboxylic acids is 1. The zero-order chi connectivity index (χ0) is 19.1. The van der Waals surface area contributed by atoms with Crippen molar-refractivity contribution in [2.45, 2.75) is 25.8 Å². The van der Waals surface area contributed by atoms with Gasteiger partial charge in [0.05, 0.1) is 6.04 Å². The summed E-state index contributed by atoms with van der Waals surface area (Å²) in [6.07, 6.45) is 0. The number of halogens is 1. The second kappa shape index (κ2) is 9.34. The lowest BCUT2D eigenvalue weighted by molar-refractivity contribution is -0.123. The minimum Gasteiger partial charge on any atom is -0.484 e. The molecule has 0 aliphatic heterocycles. The van der Waals surface area contributed by atoms with Crippen LogP contribution < -0.4 is 10.1 Å². The first-order valence-corrected chi connectivity index (χ1v) is 8.78. The Morgan fingerprint density at radius 1 is 1.04 bits per heavy atom. The van der Waals surface area contributed by atoms with E-state index in [1.807, 2.05) is 43.3 Å². The summed E-state index contributed by atoms with van der Waals surface area (Å²) in [6.45, 7) is 4.65. The van der Waals surface area contributed by atoms with Crippen LogP contribution in [0.2, 0.25) is 0 Å². The number of rotatable bonds is 8. The molecule has 5 heteroatoms. The van der Waals surface area contributed by atoms with Gasteiger partial charge >= 0.3 is 0 Å². The van der Waals surface area contributed by atoms with E-state index in [0.29, 0.717) is 18.2 Å². The fourth-order valence-electron chi connectivity index (χ4n) is 2.64. The lowest BCUT2D eigenvalue weighted by Gasteiger charge is -2.25. The third kappa shape index (κ3) is 5.85. The topological polar surface area (TPSA) is 41.6 Å². The summed E-state index contributed by atoms with van der Waals surface area (Å²) < 4.78 is 18.6. The van der Waals surface area contributed by atoms with Crippen LogP contribution in [0, 0.1) is 5.82 Å². The van der Waals surface area contributed by atoms with Crippen LogP contribution in [0.15, 0.2) is 48.5 Å². The molecule has 2 aromatic rings. The van der Waals surface area contributed by atoms with Gasteiger partial charge in [0.15, 0.2) is 6.61 Å². The van der Waals surface area contributed by atoms with Crippen molar-refractivity contribution in [1.29, 1.82) is 0 Å². The maximum Gasteiger partial charge on any atom is 0.258 e. The summed E-state index contributed by atoms with van der Waals surface area (Å²) in [6, 6.07) is 14.1. The highest BCUT2D eigenvalue weighted by Gasteiger charge is 2.15. The van der Waals surface area contributed by atoms with Crippen LogP contribution in [0.4, 0.5) is 4.39 Å². The third-order valence-electron chi connectivity index (χ3n) is 4.29. The molecule has 0 saturated carbocycles. The summed E-state index contributed by atoms with van der Waals surface area (Å²) in [5.74, 6) is 0.674. The second-order valence-electron chi connectivity index (χ2n) is 6.85. The molecule has 0 fully saturated rings. The van der Waals surface area contributed by atoms with Crippen molar-refractivity contribution in [2.24, 2.45) is 0 Å². The van der Waals surface area contributed by atoms with Crippen molar-refractivity contribution < 1.29 is 13.9 Å². The Kier molecular flexibility index (Phi) is 7.16. The van der Waals surface area contributed by atoms with Crippen LogP contribution in [0.3, 0.4) is 0 Å². The van der Waals surface area contributed by atoms with Crippen LogP contribution in [-0.2, 0) is 4.79 Å². The van der Waals surface area contributed by atoms with Gasteiger partial charge in [0.25, 0.3) is 5.91 Å². The van der Waals surface area contributed by atoms with Gasteiger partial charge in [-0.3, -0.25) is 4.79 Å². The molecule has 2 aromatic carbocycles. The van der Waals surface area contributed by atoms with Gasteiger partial charge in [0, 0.05) is 6.54 Å². The number of likely N-dealkylation sites (N-methyl/N-ethyl adjacent to an activating group) is 1. The monoisotopic (exact) mass is 358 g/mol. The molecule has 0 unspecified atom stereocenters. The van der Waals surface area contributed by atoms with Crippen molar-refractivity contribution in [1.82, 2.24) is 10.2 Å². The number of hydrogen-bond acceptors (Lipinski definition) is 3. The molecule has 1 amide bonds. The predicted molar refractivity (Wildman–Crippen MR) is 102 cm³/mol. The van der Waals surface area contributed by atoms with Crippen LogP contribution in [0.1, 0.15) is 36.9 Å². The lowest BCUT2D eigenvalue weighted by atomic mass is 10.0. The van der Waals surface area contributed by atoms with Gasteiger partial charge in [0.1, 0.15) is 11.6 Å². The van der Waals surface area contributed by atoms with Crippen molar-refractivity contribution in [3.63, 3.8) is 0 Å². The van der Waals surface area contributed by atoms with Gasteiger partial charge in [-0.2, -0.15) is 0 Å². The molecule has 1 atom stereocenters. The van der Waals surface area contributed by atoms with E-state index in [1.165, 1.54) is 17.7 Å². The molecule has 0 aromatic heterocycles. The highest BCUT2D eigenvalue weighted by atomic mass is 19.1. The molecular formula is C21H27FN2O2. The van der Waals surface area contributed by atoms with Gasteiger partial charge < -0.3 is 15.0 Å². The van der Waals surface area contributed by atoms with E-state index in [9.17, 15) is 9.18 Å². The number of nitrogens with one attached hydrogen (secondary N) is 1. The van der Waals surface area contributed by atoms with Crippen LogP contribution in [0.5, 0.6) is 5.75 Å². The number of nitrogens with zero attached hydrogens (tertiary/aromatic N) is 1. The van der Waals surface area contributed by atoms with Crippen LogP contribution in [0.25, 0.3) is 0 Å². The molecule has 0 radical (unpaired) electrons. The van der Waals surface area contributed by atoms with Crippen LogP contribution >= 0.6 is 0 Å². The summed E-state index contributed by atoms with van der Waals surface area (Å²) in [5.41, 5.74) is 2.18. The zero-order valence-corrected chi connectivity index (χ0v) is 15.8. The first-order chi connectivity index (χ1) is 12.4. The first kappa shape index (κ1) is 19.9. The van der Waals surface area contributed by atoms with Gasteiger partial charge in [0.2, 0.25) is 0 Å². The first-order valence-electron chi connectivity index (χ1n) is 8.78. The second-order valence-corrected chi connectivity index (χ2v) is 6.85. The molecule has 0 aliphatic rings. The summed E-state index contributed by atoms with van der Waals surface area (Å²) in [7, 11) is 3.85. The highest BCUT2D eigenvalue weighted by molar-refractivity contribution is 5.77. The Morgan fingerprint density at radius 3 is 2.15 bits per heavy atom. The van der Waals surface area contributed by atoms with Gasteiger partial charge in [-0.05, 0) is 55.4 Å². The van der Waals surface area contributed by atoms with Crippen molar-refractivity contribution in [3.8, 4) is 5.75 Å². The molecule has 0 spiro atoms. The maximum absolute atomic E-state index is 13.1. The molecular weight excluding hydrogens is 331 g/mol. The fourth-order valence-corrected chi connectivity index (χ4v) is 2.64. The summed E-state index contributed by atoms with van der Waals surface area (Å²) in [5, 5.41) is 2.88. The SMILES string of the molecule is CC(C)c1ccc(OCC(=O)NC[C@H](c2ccc(F)cc2)N(C)C)cc1. The Balaban J connectivity index is 1.85. The normalized spacial score (nSPS) is 12.3. The molecule has 1 N–H and O–H groups in total. The minimum atomic E-state index is -0.271. The van der Waals surface area contributed by atoms with Gasteiger partial charge in [-0.25, -0.2) is 4.39 Å². The van der Waals surface area contributed by atoms with Gasteiger partial charge in [-0.1, -0.05) is 38.1 Å². The number of carbonyl (C=O) groups is 1. The molecule has 4 nitrogen and oxygen atoms in total. The quantitative estimate of drug-likeness (QED) is 0.781. The number of amides is 1. The van der Waals surface area contributed by atoms with Crippen molar-refractivity contribution in [2.75, 3.05) is 27.2 Å². The van der Waals surface area contributed by atoms with E-state index in [0.717, 1.165) is 5.56 Å². The molecule has 2 rings (SSSR count). The minimum absolute atomic E-state index is 0.0371. The van der Waals surface area contributed by atoms with E-state index in [-0.39, 0.29) is 24.4 Å². The standard InChI is InChI=1S/C21H27FN2O2/c1-15(2)16-7-11-19(12-8-16)26-14-21(25)23-13-20(24(3)4)17-5-9-18(22)10-6-17/h5-12,15,20H,13-14H2,1-4H3,(H,23,25)/t20-/m1/s1. The maximum atomic E-state index is 13.1. The Hall–Kier alpha value is -2.40. The molecule has 0 bridgehead atoms. The predicted octanol–water partition coefficient (Wildman–Crippen LogP) is 3.75. The number of hydrogen-bond donors (Lipinski definition) is 1. The van der Waals surface area contributed by atoms with E-state index >= 15 is 0 Å². The van der Waals surface area contributed by atoms with Crippen molar-refractivity contribution >= 4 is 5.91 Å². The third-order valence-corrected chi connectivity index (χ3v) is 4.29. The molecule has 140 valence electrons. The number of benzene rings is 2. The zero-order valence-electron chi connectivity index (χ0n) is 15.8. The van der Waals surface area contributed by atoms with E-state index in [2.05, 4.69) is 19.2 Å². The fraction of sp³-hybridized carbons (Fsp3) is 0.381. The van der Waals surface area contributed by atoms with Gasteiger partial charge in [-0.15, -0.1) is 0 Å². The average Bonchev–Trinajstić information content (AvgIpc) is 2.61. The van der Waals surface area contributed by atoms with Crippen molar-refractivity contribution in [3.05, 3.63) is 65.5 Å². The Labute approximate surface area is 155 Å².